The normalized spacial score (nSPS) is 13.1. The van der Waals surface area contributed by atoms with Crippen molar-refractivity contribution in [3.8, 4) is 0 Å². The molecule has 6 nitrogen and oxygen atoms in total. The monoisotopic (exact) mass is 425 g/mol. The molecule has 0 unspecified atom stereocenters. The number of amides is 1. The topological polar surface area (TPSA) is 78.8 Å². The number of carbonyl (C=O) groups is 1. The summed E-state index contributed by atoms with van der Waals surface area (Å²) in [5.74, 6) is -1.10. The van der Waals surface area contributed by atoms with E-state index < -0.39 is 28.3 Å². The first-order valence-corrected chi connectivity index (χ1v) is 11.3. The summed E-state index contributed by atoms with van der Waals surface area (Å²) in [5, 5.41) is 6.32. The maximum Gasteiger partial charge on any atom is 0.260 e. The highest BCUT2D eigenvalue weighted by Crippen LogP contribution is 2.32. The highest BCUT2D eigenvalue weighted by molar-refractivity contribution is 7.92. The Hall–Kier alpha value is -3.26. The molecule has 8 heteroatoms. The zero-order chi connectivity index (χ0) is 21.3. The predicted octanol–water partition coefficient (Wildman–Crippen LogP) is 2.99. The van der Waals surface area contributed by atoms with Gasteiger partial charge in [-0.05, 0) is 59.0 Å². The zero-order valence-corrected chi connectivity index (χ0v) is 17.1. The van der Waals surface area contributed by atoms with Gasteiger partial charge < -0.3 is 0 Å². The molecule has 154 valence electrons. The molecule has 3 aromatic rings. The molecular weight excluding hydrogens is 405 g/mol. The van der Waals surface area contributed by atoms with Crippen molar-refractivity contribution in [2.75, 3.05) is 17.1 Å². The lowest BCUT2D eigenvalue weighted by atomic mass is 10.0. The summed E-state index contributed by atoms with van der Waals surface area (Å²) >= 11 is 0. The highest BCUT2D eigenvalue weighted by Gasteiger charge is 2.21. The molecule has 0 fully saturated rings. The molecule has 1 aliphatic carbocycles. The third-order valence-electron chi connectivity index (χ3n) is 5.11. The van der Waals surface area contributed by atoms with E-state index >= 15 is 0 Å². The van der Waals surface area contributed by atoms with E-state index in [-0.39, 0.29) is 5.69 Å². The van der Waals surface area contributed by atoms with Crippen LogP contribution in [0.1, 0.15) is 16.7 Å². The first kappa shape index (κ1) is 20.0. The van der Waals surface area contributed by atoms with Crippen LogP contribution in [-0.2, 0) is 27.7 Å². The average Bonchev–Trinajstić information content (AvgIpc) is 3.13. The van der Waals surface area contributed by atoms with Crippen molar-refractivity contribution >= 4 is 38.6 Å². The number of hydrazone groups is 1. The predicted molar refractivity (Wildman–Crippen MR) is 116 cm³/mol. The fourth-order valence-electron chi connectivity index (χ4n) is 3.73. The van der Waals surface area contributed by atoms with Gasteiger partial charge in [0.1, 0.15) is 12.4 Å². The molecule has 0 saturated heterocycles. The van der Waals surface area contributed by atoms with Crippen molar-refractivity contribution in [1.82, 2.24) is 5.43 Å². The van der Waals surface area contributed by atoms with E-state index in [4.69, 9.17) is 0 Å². The van der Waals surface area contributed by atoms with Gasteiger partial charge in [0.2, 0.25) is 10.0 Å². The lowest BCUT2D eigenvalue weighted by Gasteiger charge is -2.21. The Kier molecular flexibility index (Phi) is 5.26. The quantitative estimate of drug-likeness (QED) is 0.487. The summed E-state index contributed by atoms with van der Waals surface area (Å²) in [6.45, 7) is -0.467. The maximum absolute atomic E-state index is 13.1. The molecule has 3 aromatic carbocycles. The van der Waals surface area contributed by atoms with Crippen LogP contribution in [0.25, 0.3) is 10.8 Å². The number of anilines is 1. The second-order valence-corrected chi connectivity index (χ2v) is 9.10. The number of nitrogens with zero attached hydrogens (tertiary/aromatic N) is 2. The van der Waals surface area contributed by atoms with E-state index in [0.29, 0.717) is 0 Å². The zero-order valence-electron chi connectivity index (χ0n) is 16.3. The number of sulfonamides is 1. The fraction of sp³-hybridized carbons (Fsp3) is 0.182. The number of nitrogens with one attached hydrogen (secondary N) is 1. The first-order valence-electron chi connectivity index (χ1n) is 9.41. The van der Waals surface area contributed by atoms with Gasteiger partial charge in [0.15, 0.2) is 0 Å². The summed E-state index contributed by atoms with van der Waals surface area (Å²) in [7, 11) is -3.74. The van der Waals surface area contributed by atoms with Gasteiger partial charge in [0, 0.05) is 5.56 Å². The van der Waals surface area contributed by atoms with Crippen molar-refractivity contribution in [2.24, 2.45) is 5.10 Å². The summed E-state index contributed by atoms with van der Waals surface area (Å²) in [6, 6.07) is 15.1. The van der Waals surface area contributed by atoms with Crippen molar-refractivity contribution in [1.29, 1.82) is 0 Å². The van der Waals surface area contributed by atoms with Gasteiger partial charge >= 0.3 is 0 Å². The van der Waals surface area contributed by atoms with Crippen LogP contribution in [0.2, 0.25) is 0 Å². The van der Waals surface area contributed by atoms with E-state index in [9.17, 15) is 17.6 Å². The Balaban J connectivity index is 1.50. The van der Waals surface area contributed by atoms with Crippen LogP contribution < -0.4 is 9.73 Å². The van der Waals surface area contributed by atoms with E-state index in [1.807, 2.05) is 18.2 Å². The molecule has 0 saturated carbocycles. The Labute approximate surface area is 174 Å². The number of hydrogen-bond donors (Lipinski definition) is 1. The lowest BCUT2D eigenvalue weighted by Crippen LogP contribution is -2.39. The van der Waals surface area contributed by atoms with Gasteiger partial charge in [-0.1, -0.05) is 30.3 Å². The Morgan fingerprint density at radius 3 is 2.50 bits per heavy atom. The van der Waals surface area contributed by atoms with E-state index in [2.05, 4.69) is 22.7 Å². The molecule has 0 heterocycles. The average molecular weight is 425 g/mol. The number of aryl methyl sites for hydroxylation is 2. The minimum Gasteiger partial charge on any atom is -0.271 e. The Morgan fingerprint density at radius 1 is 1.10 bits per heavy atom. The second kappa shape index (κ2) is 7.87. The van der Waals surface area contributed by atoms with Crippen LogP contribution in [0.3, 0.4) is 0 Å². The van der Waals surface area contributed by atoms with Crippen LogP contribution in [0.4, 0.5) is 10.1 Å². The summed E-state index contributed by atoms with van der Waals surface area (Å²) in [6.07, 6.45) is 4.59. The van der Waals surface area contributed by atoms with Crippen LogP contribution in [-0.4, -0.2) is 33.3 Å². The number of hydrogen-bond acceptors (Lipinski definition) is 4. The van der Waals surface area contributed by atoms with Crippen molar-refractivity contribution in [2.45, 2.75) is 12.8 Å². The van der Waals surface area contributed by atoms with Gasteiger partial charge in [-0.2, -0.15) is 5.10 Å². The number of halogens is 1. The maximum atomic E-state index is 13.1. The molecule has 0 aromatic heterocycles. The largest absolute Gasteiger partial charge is 0.271 e. The minimum atomic E-state index is -3.74. The lowest BCUT2D eigenvalue weighted by molar-refractivity contribution is -0.119. The molecular formula is C22H20FN3O3S. The first-order chi connectivity index (χ1) is 14.3. The Bertz CT molecular complexity index is 1240. The molecule has 4 rings (SSSR count). The van der Waals surface area contributed by atoms with Crippen molar-refractivity contribution in [3.63, 3.8) is 0 Å². The number of rotatable bonds is 6. The van der Waals surface area contributed by atoms with Gasteiger partial charge in [-0.25, -0.2) is 18.2 Å². The SMILES string of the molecule is CS(=O)(=O)N(CC(=O)N/N=C\c1ccc2c3c(cccc13)CC2)c1ccc(F)cc1. The molecule has 1 amide bonds. The number of carbonyl (C=O) groups excluding carboxylic acids is 1. The summed E-state index contributed by atoms with van der Waals surface area (Å²) < 4.78 is 38.2. The number of benzene rings is 3. The van der Waals surface area contributed by atoms with Crippen LogP contribution in [0.15, 0.2) is 59.7 Å². The van der Waals surface area contributed by atoms with Gasteiger partial charge in [-0.15, -0.1) is 0 Å². The van der Waals surface area contributed by atoms with Crippen molar-refractivity contribution < 1.29 is 17.6 Å². The van der Waals surface area contributed by atoms with Gasteiger partial charge in [0.05, 0.1) is 18.2 Å². The van der Waals surface area contributed by atoms with Gasteiger partial charge in [0.25, 0.3) is 5.91 Å². The van der Waals surface area contributed by atoms with Crippen LogP contribution >= 0.6 is 0 Å². The molecule has 1 N–H and O–H groups in total. The van der Waals surface area contributed by atoms with E-state index in [0.717, 1.165) is 46.5 Å². The van der Waals surface area contributed by atoms with E-state index in [1.54, 1.807) is 6.21 Å². The summed E-state index contributed by atoms with van der Waals surface area (Å²) in [4.78, 5) is 12.3. The molecule has 0 atom stereocenters. The molecule has 30 heavy (non-hydrogen) atoms. The van der Waals surface area contributed by atoms with E-state index in [1.165, 1.54) is 28.6 Å². The fourth-order valence-corrected chi connectivity index (χ4v) is 4.59. The van der Waals surface area contributed by atoms with Gasteiger partial charge in [-0.3, -0.25) is 9.10 Å². The third-order valence-corrected chi connectivity index (χ3v) is 6.25. The standard InChI is InChI=1S/C22H20FN3O3S/c1-30(28,29)26(19-11-9-18(23)10-12-19)14-21(27)25-24-13-17-8-7-16-6-5-15-3-2-4-20(17)22(15)16/h2-4,7-13H,5-6,14H2,1H3,(H,25,27)/b24-13-. The minimum absolute atomic E-state index is 0.200. The summed E-state index contributed by atoms with van der Waals surface area (Å²) in [5.41, 5.74) is 6.07. The molecule has 1 aliphatic rings. The smallest absolute Gasteiger partial charge is 0.260 e. The Morgan fingerprint density at radius 2 is 1.80 bits per heavy atom. The van der Waals surface area contributed by atoms with Crippen molar-refractivity contribution in [3.05, 3.63) is 77.1 Å². The molecule has 0 bridgehead atoms. The molecule has 0 aliphatic heterocycles. The van der Waals surface area contributed by atoms with Crippen LogP contribution in [0.5, 0.6) is 0 Å². The second-order valence-electron chi connectivity index (χ2n) is 7.19. The third kappa shape index (κ3) is 4.04. The highest BCUT2D eigenvalue weighted by atomic mass is 32.2. The molecule has 0 radical (unpaired) electrons. The van der Waals surface area contributed by atoms with Crippen LogP contribution in [0, 0.1) is 5.82 Å². The molecule has 0 spiro atoms.